The van der Waals surface area contributed by atoms with E-state index >= 15 is 0 Å². The number of alkyl carbamates (subject to hydrolysis) is 2. The van der Waals surface area contributed by atoms with Crippen LogP contribution >= 0.6 is 0 Å². The van der Waals surface area contributed by atoms with Crippen LogP contribution in [-0.2, 0) is 23.8 Å². The molecule has 0 saturated heterocycles. The van der Waals surface area contributed by atoms with Crippen molar-refractivity contribution < 1.29 is 38.2 Å². The molecule has 0 fully saturated rings. The van der Waals surface area contributed by atoms with Crippen molar-refractivity contribution in [1.82, 2.24) is 10.6 Å². The first-order valence-electron chi connectivity index (χ1n) is 8.40. The maximum atomic E-state index is 11.2. The molecule has 0 radical (unpaired) electrons. The molecule has 2 unspecified atom stereocenters. The highest BCUT2D eigenvalue weighted by Crippen LogP contribution is 2.07. The molecule has 0 aromatic rings. The van der Waals surface area contributed by atoms with Gasteiger partial charge in [0.1, 0.15) is 11.2 Å². The van der Waals surface area contributed by atoms with Gasteiger partial charge in [-0.1, -0.05) is 0 Å². The molecule has 0 saturated carbocycles. The summed E-state index contributed by atoms with van der Waals surface area (Å²) >= 11 is 0. The fourth-order valence-corrected chi connectivity index (χ4v) is 1.32. The average Bonchev–Trinajstić information content (AvgIpc) is 2.43. The van der Waals surface area contributed by atoms with Gasteiger partial charge in [-0.2, -0.15) is 4.79 Å². The van der Waals surface area contributed by atoms with Crippen molar-refractivity contribution in [1.29, 1.82) is 0 Å². The summed E-state index contributed by atoms with van der Waals surface area (Å²) in [6.07, 6.45) is -1.24. The van der Waals surface area contributed by atoms with E-state index in [2.05, 4.69) is 20.2 Å². The minimum absolute atomic E-state index is 0.266. The zero-order valence-corrected chi connectivity index (χ0v) is 17.6. The van der Waals surface area contributed by atoms with Crippen LogP contribution < -0.4 is 10.6 Å². The second-order valence-electron chi connectivity index (χ2n) is 7.54. The Balaban J connectivity index is 0. The normalized spacial score (nSPS) is 12.6. The lowest BCUT2D eigenvalue weighted by Crippen LogP contribution is -2.42. The Bertz CT molecular complexity index is 587. The van der Waals surface area contributed by atoms with Crippen LogP contribution in [0.5, 0.6) is 0 Å². The highest BCUT2D eigenvalue weighted by Gasteiger charge is 2.21. The predicted molar refractivity (Wildman–Crippen MR) is 99.5 cm³/mol. The molecule has 0 rings (SSSR count). The van der Waals surface area contributed by atoms with Crippen LogP contribution in [0.4, 0.5) is 9.59 Å². The van der Waals surface area contributed by atoms with Crippen LogP contribution in [0.3, 0.4) is 0 Å². The van der Waals surface area contributed by atoms with Crippen molar-refractivity contribution >= 4 is 30.7 Å². The van der Waals surface area contributed by atoms with Crippen LogP contribution in [0.2, 0.25) is 0 Å². The van der Waals surface area contributed by atoms with Gasteiger partial charge < -0.3 is 25.1 Å². The highest BCUT2D eigenvalue weighted by atomic mass is 16.6. The van der Waals surface area contributed by atoms with E-state index in [9.17, 15) is 19.2 Å². The van der Waals surface area contributed by atoms with E-state index in [1.165, 1.54) is 13.8 Å². The second kappa shape index (κ2) is 12.4. The Kier molecular flexibility index (Phi) is 12.1. The summed E-state index contributed by atoms with van der Waals surface area (Å²) in [6.45, 7) is 13.7. The summed E-state index contributed by atoms with van der Waals surface area (Å²) in [5.41, 5.74) is 6.95. The summed E-state index contributed by atoms with van der Waals surface area (Å²) in [5, 5.41) is 4.63. The topological polar surface area (TPSA) is 156 Å². The molecule has 11 heteroatoms. The molecule has 2 N–H and O–H groups in total. The van der Waals surface area contributed by atoms with E-state index in [1.54, 1.807) is 41.5 Å². The van der Waals surface area contributed by atoms with Gasteiger partial charge in [-0.3, -0.25) is 14.9 Å². The van der Waals surface area contributed by atoms with E-state index < -0.39 is 41.4 Å². The molecular weight excluding hydrogens is 372 g/mol. The number of nitrogens with one attached hydrogen (secondary N) is 2. The van der Waals surface area contributed by atoms with Crippen molar-refractivity contribution in [3.05, 3.63) is 5.53 Å². The molecule has 0 aliphatic heterocycles. The van der Waals surface area contributed by atoms with E-state index in [0.29, 0.717) is 0 Å². The number of ketones is 1. The smallest absolute Gasteiger partial charge is 0.410 e. The number of rotatable bonds is 6. The number of hydrogen-bond acceptors (Lipinski definition) is 7. The van der Waals surface area contributed by atoms with Crippen LogP contribution in [0.1, 0.15) is 55.4 Å². The number of carbonyl (C=O) groups is 4. The molecule has 0 aliphatic carbocycles. The van der Waals surface area contributed by atoms with Crippen molar-refractivity contribution in [2.24, 2.45) is 0 Å². The van der Waals surface area contributed by atoms with Gasteiger partial charge in [0.05, 0.1) is 6.04 Å². The van der Waals surface area contributed by atoms with Crippen molar-refractivity contribution in [3.63, 3.8) is 0 Å². The predicted octanol–water partition coefficient (Wildman–Crippen LogP) is 1.80. The summed E-state index contributed by atoms with van der Waals surface area (Å²) in [7, 11) is 0. The SMILES string of the molecule is CC(NC(=O)OC(C)(C)C)C(=O)C=[N+]=[N-].CC(NC(=O)OC(C)(C)C)OC=O. The Morgan fingerprint density at radius 3 is 1.71 bits per heavy atom. The maximum Gasteiger partial charge on any atom is 0.410 e. The molecule has 2 atom stereocenters. The minimum atomic E-state index is -0.782. The highest BCUT2D eigenvalue weighted by molar-refractivity contribution is 6.27. The zero-order valence-electron chi connectivity index (χ0n) is 17.6. The third-order valence-corrected chi connectivity index (χ3v) is 2.32. The van der Waals surface area contributed by atoms with Crippen molar-refractivity contribution in [3.8, 4) is 0 Å². The lowest BCUT2D eigenvalue weighted by molar-refractivity contribution is -0.133. The Morgan fingerprint density at radius 1 is 0.929 bits per heavy atom. The molecule has 0 aliphatic rings. The quantitative estimate of drug-likeness (QED) is 0.171. The zero-order chi connectivity index (χ0) is 22.5. The number of nitrogens with zero attached hydrogens (tertiary/aromatic N) is 2. The van der Waals surface area contributed by atoms with Gasteiger partial charge in [-0.05, 0) is 55.4 Å². The molecule has 0 aromatic heterocycles. The monoisotopic (exact) mass is 402 g/mol. The molecule has 28 heavy (non-hydrogen) atoms. The number of ether oxygens (including phenoxy) is 3. The second-order valence-corrected chi connectivity index (χ2v) is 7.54. The summed E-state index contributed by atoms with van der Waals surface area (Å²) in [4.78, 5) is 45.7. The molecule has 2 amide bonds. The number of hydrogen-bond donors (Lipinski definition) is 2. The minimum Gasteiger partial charge on any atom is -0.444 e. The third-order valence-electron chi connectivity index (χ3n) is 2.32. The number of Topliss-reactive ketones (excluding diaryl/α,β-unsaturated/α-hetero) is 1. The Morgan fingerprint density at radius 2 is 1.36 bits per heavy atom. The first kappa shape index (κ1) is 27.3. The van der Waals surface area contributed by atoms with Gasteiger partial charge in [0.25, 0.3) is 12.3 Å². The molecule has 160 valence electrons. The molecule has 11 nitrogen and oxygen atoms in total. The lowest BCUT2D eigenvalue weighted by Gasteiger charge is -2.21. The van der Waals surface area contributed by atoms with Crippen molar-refractivity contribution in [2.45, 2.75) is 78.9 Å². The van der Waals surface area contributed by atoms with Gasteiger partial charge in [0, 0.05) is 0 Å². The van der Waals surface area contributed by atoms with Gasteiger partial charge >= 0.3 is 18.4 Å². The Hall–Kier alpha value is -2.94. The van der Waals surface area contributed by atoms with Crippen LogP contribution in [0.25, 0.3) is 5.53 Å². The van der Waals surface area contributed by atoms with Crippen LogP contribution in [-0.4, -0.2) is 58.9 Å². The lowest BCUT2D eigenvalue weighted by atomic mass is 10.2. The van der Waals surface area contributed by atoms with Gasteiger partial charge in [0.15, 0.2) is 6.23 Å². The fraction of sp³-hybridized carbons (Fsp3) is 0.706. The van der Waals surface area contributed by atoms with Gasteiger partial charge in [-0.15, -0.1) is 0 Å². The third kappa shape index (κ3) is 17.9. The molecule has 0 aromatic carbocycles. The van der Waals surface area contributed by atoms with E-state index in [1.807, 2.05) is 0 Å². The standard InChI is InChI=1S/C9H15N3O3.C8H15NO4/c1-6(7(13)5-11-10)12-8(14)15-9(2,3)4;1-6(12-5-10)9-7(11)13-8(2,3)4/h5-6H,1-4H3,(H,12,14);5-6H,1-4H3,(H,9,11). The van der Waals surface area contributed by atoms with E-state index in [4.69, 9.17) is 15.0 Å². The number of carbonyl (C=O) groups excluding carboxylic acids is 4. The largest absolute Gasteiger partial charge is 0.444 e. The van der Waals surface area contributed by atoms with Crippen LogP contribution in [0, 0.1) is 0 Å². The maximum absolute atomic E-state index is 11.2. The van der Waals surface area contributed by atoms with Crippen molar-refractivity contribution in [2.75, 3.05) is 0 Å². The summed E-state index contributed by atoms with van der Waals surface area (Å²) < 4.78 is 14.3. The van der Waals surface area contributed by atoms with E-state index in [-0.39, 0.29) is 6.47 Å². The average molecular weight is 402 g/mol. The van der Waals surface area contributed by atoms with Crippen LogP contribution in [0.15, 0.2) is 0 Å². The van der Waals surface area contributed by atoms with Gasteiger partial charge in [0.2, 0.25) is 0 Å². The summed E-state index contributed by atoms with van der Waals surface area (Å²) in [5.74, 6) is -0.511. The Labute approximate surface area is 164 Å². The molecule has 0 spiro atoms. The fourth-order valence-electron chi connectivity index (χ4n) is 1.32. The molecule has 0 heterocycles. The first-order chi connectivity index (χ1) is 12.6. The van der Waals surface area contributed by atoms with E-state index in [0.717, 1.165) is 6.21 Å². The first-order valence-corrected chi connectivity index (χ1v) is 8.40. The molecular formula is C17H30N4O7. The number of amides is 2. The summed E-state index contributed by atoms with van der Waals surface area (Å²) in [6, 6.07) is -0.782. The molecule has 0 bridgehead atoms. The van der Waals surface area contributed by atoms with Gasteiger partial charge in [-0.25, -0.2) is 9.59 Å².